The molecule has 54 valence electrons. The second-order valence-corrected chi connectivity index (χ2v) is 2.64. The molecule has 0 radical (unpaired) electrons. The van der Waals surface area contributed by atoms with Crippen molar-refractivity contribution in [2.75, 3.05) is 5.88 Å². The molecule has 1 N–H and O–H groups in total. The zero-order chi connectivity index (χ0) is 7.61. The van der Waals surface area contributed by atoms with Crippen molar-refractivity contribution >= 4 is 17.5 Å². The van der Waals surface area contributed by atoms with E-state index < -0.39 is 5.54 Å². The highest BCUT2D eigenvalue weighted by Crippen LogP contribution is 2.34. The van der Waals surface area contributed by atoms with E-state index in [0.717, 1.165) is 12.8 Å². The molecule has 0 aromatic rings. The summed E-state index contributed by atoms with van der Waals surface area (Å²) in [5.74, 6) is -0.329. The largest absolute Gasteiger partial charge is 0.337 e. The van der Waals surface area contributed by atoms with Crippen molar-refractivity contribution < 1.29 is 4.79 Å². The van der Waals surface area contributed by atoms with Gasteiger partial charge < -0.3 is 5.32 Å². The van der Waals surface area contributed by atoms with Gasteiger partial charge in [-0.2, -0.15) is 5.26 Å². The molecule has 1 fully saturated rings. The number of halogens is 1. The zero-order valence-corrected chi connectivity index (χ0v) is 6.11. The Morgan fingerprint density at radius 3 is 2.70 bits per heavy atom. The van der Waals surface area contributed by atoms with Crippen molar-refractivity contribution in [2.45, 2.75) is 18.4 Å². The number of nitriles is 1. The molecule has 0 bridgehead atoms. The number of alkyl halides is 1. The van der Waals surface area contributed by atoms with Gasteiger partial charge in [0.05, 0.1) is 6.07 Å². The number of hydrogen-bond acceptors (Lipinski definition) is 2. The van der Waals surface area contributed by atoms with E-state index >= 15 is 0 Å². The number of carbonyl (C=O) groups excluding carboxylic acids is 1. The van der Waals surface area contributed by atoms with Gasteiger partial charge in [0.1, 0.15) is 11.4 Å². The van der Waals surface area contributed by atoms with E-state index in [1.165, 1.54) is 0 Å². The maximum Gasteiger partial charge on any atom is 0.236 e. The lowest BCUT2D eigenvalue weighted by Gasteiger charge is -2.05. The van der Waals surface area contributed by atoms with E-state index in [0.29, 0.717) is 0 Å². The second kappa shape index (κ2) is 2.47. The van der Waals surface area contributed by atoms with Gasteiger partial charge in [0.25, 0.3) is 0 Å². The van der Waals surface area contributed by atoms with Gasteiger partial charge in [-0.3, -0.25) is 4.79 Å². The third kappa shape index (κ3) is 1.39. The third-order valence-corrected chi connectivity index (χ3v) is 1.71. The van der Waals surface area contributed by atoms with E-state index in [4.69, 9.17) is 16.9 Å². The van der Waals surface area contributed by atoms with Crippen LogP contribution in [0.25, 0.3) is 0 Å². The molecule has 0 aromatic carbocycles. The molecule has 3 nitrogen and oxygen atoms in total. The Kier molecular flexibility index (Phi) is 1.82. The topological polar surface area (TPSA) is 52.9 Å². The summed E-state index contributed by atoms with van der Waals surface area (Å²) < 4.78 is 0. The maximum atomic E-state index is 10.6. The minimum atomic E-state index is -0.564. The highest BCUT2D eigenvalue weighted by atomic mass is 35.5. The minimum Gasteiger partial charge on any atom is -0.337 e. The molecule has 1 aliphatic carbocycles. The summed E-state index contributed by atoms with van der Waals surface area (Å²) in [6, 6.07) is 2.03. The SMILES string of the molecule is N#CC1(NC(=O)CCl)CC1. The monoisotopic (exact) mass is 158 g/mol. The zero-order valence-electron chi connectivity index (χ0n) is 5.35. The molecule has 1 saturated carbocycles. The molecule has 1 rings (SSSR count). The van der Waals surface area contributed by atoms with Crippen LogP contribution in [0.1, 0.15) is 12.8 Å². The fraction of sp³-hybridized carbons (Fsp3) is 0.667. The molecule has 1 aliphatic rings. The average Bonchev–Trinajstić information content (AvgIpc) is 2.70. The van der Waals surface area contributed by atoms with Crippen LogP contribution < -0.4 is 5.32 Å². The van der Waals surface area contributed by atoms with Gasteiger partial charge in [-0.05, 0) is 12.8 Å². The van der Waals surface area contributed by atoms with Crippen LogP contribution in [0.5, 0.6) is 0 Å². The second-order valence-electron chi connectivity index (χ2n) is 2.38. The molecule has 4 heteroatoms. The smallest absolute Gasteiger partial charge is 0.236 e. The molecular formula is C6H7ClN2O. The number of hydrogen-bond donors (Lipinski definition) is 1. The standard InChI is InChI=1S/C6H7ClN2O/c7-3-5(10)9-6(4-8)1-2-6/h1-3H2,(H,9,10). The van der Waals surface area contributed by atoms with E-state index in [2.05, 4.69) is 5.32 Å². The Labute approximate surface area is 64.0 Å². The van der Waals surface area contributed by atoms with Crippen LogP contribution in [0.15, 0.2) is 0 Å². The van der Waals surface area contributed by atoms with Crippen LogP contribution in [-0.2, 0) is 4.79 Å². The summed E-state index contributed by atoms with van der Waals surface area (Å²) in [4.78, 5) is 10.6. The van der Waals surface area contributed by atoms with Gasteiger partial charge in [0.15, 0.2) is 0 Å². The van der Waals surface area contributed by atoms with E-state index in [-0.39, 0.29) is 11.8 Å². The summed E-state index contributed by atoms with van der Waals surface area (Å²) in [5, 5.41) is 11.0. The lowest BCUT2D eigenvalue weighted by Crippen LogP contribution is -2.36. The molecule has 0 aromatic heterocycles. The highest BCUT2D eigenvalue weighted by Gasteiger charge is 2.44. The van der Waals surface area contributed by atoms with Crippen molar-refractivity contribution in [3.8, 4) is 6.07 Å². The third-order valence-electron chi connectivity index (χ3n) is 1.46. The van der Waals surface area contributed by atoms with Crippen LogP contribution in [-0.4, -0.2) is 17.3 Å². The van der Waals surface area contributed by atoms with Gasteiger partial charge in [-0.15, -0.1) is 11.6 Å². The van der Waals surface area contributed by atoms with Crippen LogP contribution in [0, 0.1) is 11.3 Å². The van der Waals surface area contributed by atoms with Gasteiger partial charge >= 0.3 is 0 Å². The van der Waals surface area contributed by atoms with Gasteiger partial charge in [-0.25, -0.2) is 0 Å². The average molecular weight is 159 g/mol. The fourth-order valence-electron chi connectivity index (χ4n) is 0.690. The van der Waals surface area contributed by atoms with Crippen molar-refractivity contribution in [1.29, 1.82) is 5.26 Å². The first-order valence-electron chi connectivity index (χ1n) is 3.01. The molecule has 0 unspecified atom stereocenters. The molecule has 10 heavy (non-hydrogen) atoms. The Balaban J connectivity index is 2.40. The van der Waals surface area contributed by atoms with E-state index in [1.54, 1.807) is 0 Å². The summed E-state index contributed by atoms with van der Waals surface area (Å²) in [6.45, 7) is 0. The molecule has 0 spiro atoms. The quantitative estimate of drug-likeness (QED) is 0.592. The summed E-state index contributed by atoms with van der Waals surface area (Å²) in [6.07, 6.45) is 1.51. The van der Waals surface area contributed by atoms with Crippen LogP contribution in [0.4, 0.5) is 0 Å². The predicted molar refractivity (Wildman–Crippen MR) is 36.4 cm³/mol. The van der Waals surface area contributed by atoms with Crippen molar-refractivity contribution in [2.24, 2.45) is 0 Å². The maximum absolute atomic E-state index is 10.6. The molecule has 0 atom stereocenters. The Hall–Kier alpha value is -0.750. The highest BCUT2D eigenvalue weighted by molar-refractivity contribution is 6.27. The fourth-order valence-corrected chi connectivity index (χ4v) is 0.757. The first-order chi connectivity index (χ1) is 4.72. The number of amides is 1. The lowest BCUT2D eigenvalue weighted by atomic mass is 10.3. The number of carbonyl (C=O) groups is 1. The number of nitrogens with one attached hydrogen (secondary N) is 1. The van der Waals surface area contributed by atoms with Gasteiger partial charge in [0, 0.05) is 0 Å². The van der Waals surface area contributed by atoms with Crippen molar-refractivity contribution in [3.05, 3.63) is 0 Å². The lowest BCUT2D eigenvalue weighted by molar-refractivity contribution is -0.119. The molecule has 0 saturated heterocycles. The van der Waals surface area contributed by atoms with Crippen LogP contribution >= 0.6 is 11.6 Å². The van der Waals surface area contributed by atoms with Crippen LogP contribution in [0.2, 0.25) is 0 Å². The molecule has 1 amide bonds. The number of rotatable bonds is 2. The molecule has 0 heterocycles. The van der Waals surface area contributed by atoms with Crippen molar-refractivity contribution in [3.63, 3.8) is 0 Å². The van der Waals surface area contributed by atoms with Gasteiger partial charge in [-0.1, -0.05) is 0 Å². The first kappa shape index (κ1) is 7.36. The Morgan fingerprint density at radius 2 is 2.40 bits per heavy atom. The molecular weight excluding hydrogens is 152 g/mol. The van der Waals surface area contributed by atoms with Gasteiger partial charge in [0.2, 0.25) is 5.91 Å². The number of nitrogens with zero attached hydrogens (tertiary/aromatic N) is 1. The van der Waals surface area contributed by atoms with E-state index in [1.807, 2.05) is 6.07 Å². The normalized spacial score (nSPS) is 19.2. The summed E-state index contributed by atoms with van der Waals surface area (Å²) in [7, 11) is 0. The Morgan fingerprint density at radius 1 is 1.80 bits per heavy atom. The van der Waals surface area contributed by atoms with Crippen LogP contribution in [0.3, 0.4) is 0 Å². The predicted octanol–water partition coefficient (Wildman–Crippen LogP) is 0.398. The first-order valence-corrected chi connectivity index (χ1v) is 3.54. The minimum absolute atomic E-state index is 0.0660. The molecule has 0 aliphatic heterocycles. The summed E-state index contributed by atoms with van der Waals surface area (Å²) in [5.41, 5.74) is -0.564. The summed E-state index contributed by atoms with van der Waals surface area (Å²) >= 11 is 5.22. The Bertz CT molecular complexity index is 192. The van der Waals surface area contributed by atoms with E-state index in [9.17, 15) is 4.79 Å². The van der Waals surface area contributed by atoms with Crippen molar-refractivity contribution in [1.82, 2.24) is 5.32 Å².